The Morgan fingerprint density at radius 2 is 1.77 bits per heavy atom. The van der Waals surface area contributed by atoms with Crippen molar-refractivity contribution in [2.45, 2.75) is 32.2 Å². The van der Waals surface area contributed by atoms with E-state index in [0.717, 1.165) is 46.0 Å². The van der Waals surface area contributed by atoms with Gasteiger partial charge in [0.2, 0.25) is 0 Å². The lowest BCUT2D eigenvalue weighted by Gasteiger charge is -2.13. The highest BCUT2D eigenvalue weighted by atomic mass is 31.1. The Labute approximate surface area is 206 Å². The molecule has 2 N–H and O–H groups in total. The van der Waals surface area contributed by atoms with Gasteiger partial charge in [-0.2, -0.15) is 0 Å². The zero-order valence-corrected chi connectivity index (χ0v) is 20.4. The second kappa shape index (κ2) is 12.6. The lowest BCUT2D eigenvalue weighted by Crippen LogP contribution is -2.16. The summed E-state index contributed by atoms with van der Waals surface area (Å²) in [6.07, 6.45) is 4.93. The number of halogens is 1. The monoisotopic (exact) mass is 491 g/mol. The summed E-state index contributed by atoms with van der Waals surface area (Å²) in [5.74, 6) is -0.176. The van der Waals surface area contributed by atoms with Gasteiger partial charge in [-0.1, -0.05) is 60.7 Å². The van der Waals surface area contributed by atoms with Gasteiger partial charge in [0.05, 0.1) is 5.52 Å². The highest BCUT2D eigenvalue weighted by Crippen LogP contribution is 2.31. The summed E-state index contributed by atoms with van der Waals surface area (Å²) in [4.78, 5) is 13.3. The molecule has 0 aliphatic heterocycles. The number of benzene rings is 3. The average molecular weight is 492 g/mol. The van der Waals surface area contributed by atoms with Crippen LogP contribution in [-0.2, 0) is 28.5 Å². The quantitative estimate of drug-likeness (QED) is 0.178. The fourth-order valence-electron chi connectivity index (χ4n) is 4.23. The molecule has 4 rings (SSSR count). The molecule has 35 heavy (non-hydrogen) atoms. The molecule has 0 saturated carbocycles. The minimum Gasteiger partial charge on any atom is -0.313 e. The second-order valence-electron chi connectivity index (χ2n) is 8.42. The van der Waals surface area contributed by atoms with Crippen LogP contribution >= 0.6 is 8.25 Å². The predicted octanol–water partition coefficient (Wildman–Crippen LogP) is 6.36. The molecule has 0 spiro atoms. The van der Waals surface area contributed by atoms with Crippen LogP contribution in [0.3, 0.4) is 0 Å². The van der Waals surface area contributed by atoms with E-state index in [1.165, 1.54) is 5.56 Å². The first-order valence-electron chi connectivity index (χ1n) is 11.8. The number of nitrogens with zero attached hydrogens (tertiary/aromatic N) is 1. The van der Waals surface area contributed by atoms with Gasteiger partial charge in [0.1, 0.15) is 12.4 Å². The third-order valence-electron chi connectivity index (χ3n) is 5.99. The predicted molar refractivity (Wildman–Crippen MR) is 138 cm³/mol. The van der Waals surface area contributed by atoms with Crippen LogP contribution in [-0.4, -0.2) is 23.0 Å². The Bertz CT molecular complexity index is 1280. The fourth-order valence-corrected chi connectivity index (χ4v) is 4.52. The van der Waals surface area contributed by atoms with Gasteiger partial charge in [0.25, 0.3) is 0 Å². The summed E-state index contributed by atoms with van der Waals surface area (Å²) in [5, 5.41) is 4.29. The van der Waals surface area contributed by atoms with E-state index in [0.29, 0.717) is 25.9 Å². The molecule has 0 aliphatic rings. The van der Waals surface area contributed by atoms with E-state index < -0.39 is 8.25 Å². The SMILES string of the molecule is O=[P+](O)OCCCNCc1ccc(-c2ccc(CCCc3ccccc3)c(F)c2)c2cccnc12. The maximum Gasteiger partial charge on any atom is 0.694 e. The Balaban J connectivity index is 1.44. The van der Waals surface area contributed by atoms with Gasteiger partial charge in [0.15, 0.2) is 0 Å². The molecule has 0 fully saturated rings. The average Bonchev–Trinajstić information content (AvgIpc) is 2.87. The fraction of sp³-hybridized carbons (Fsp3) is 0.250. The molecule has 180 valence electrons. The number of aryl methyl sites for hydroxylation is 2. The van der Waals surface area contributed by atoms with Crippen molar-refractivity contribution < 1.29 is 18.4 Å². The van der Waals surface area contributed by atoms with E-state index in [4.69, 9.17) is 4.89 Å². The van der Waals surface area contributed by atoms with Gasteiger partial charge in [-0.3, -0.25) is 4.98 Å². The number of aromatic nitrogens is 1. The van der Waals surface area contributed by atoms with E-state index in [1.807, 2.05) is 54.6 Å². The summed E-state index contributed by atoms with van der Waals surface area (Å²) in [6.45, 7) is 1.48. The summed E-state index contributed by atoms with van der Waals surface area (Å²) in [5.41, 5.74) is 5.71. The number of fused-ring (bicyclic) bond motifs is 1. The van der Waals surface area contributed by atoms with Crippen LogP contribution in [0.25, 0.3) is 22.0 Å². The smallest absolute Gasteiger partial charge is 0.313 e. The van der Waals surface area contributed by atoms with Crippen LogP contribution < -0.4 is 5.32 Å². The van der Waals surface area contributed by atoms with Crippen LogP contribution in [0.1, 0.15) is 29.5 Å². The van der Waals surface area contributed by atoms with Gasteiger partial charge < -0.3 is 5.32 Å². The van der Waals surface area contributed by atoms with Crippen LogP contribution in [0.2, 0.25) is 0 Å². The van der Waals surface area contributed by atoms with Gasteiger partial charge >= 0.3 is 8.25 Å². The van der Waals surface area contributed by atoms with Crippen LogP contribution in [0.15, 0.2) is 79.0 Å². The topological polar surface area (TPSA) is 71.5 Å². The molecule has 4 aromatic rings. The molecule has 7 heteroatoms. The molecule has 0 saturated heterocycles. The van der Waals surface area contributed by atoms with Gasteiger partial charge in [0, 0.05) is 22.7 Å². The van der Waals surface area contributed by atoms with Crippen molar-refractivity contribution in [3.05, 3.63) is 102 Å². The zero-order chi connectivity index (χ0) is 24.5. The zero-order valence-electron chi connectivity index (χ0n) is 19.5. The molecule has 1 heterocycles. The van der Waals surface area contributed by atoms with Crippen molar-refractivity contribution >= 4 is 19.2 Å². The van der Waals surface area contributed by atoms with Crippen molar-refractivity contribution in [3.8, 4) is 11.1 Å². The molecule has 3 aromatic carbocycles. The van der Waals surface area contributed by atoms with Gasteiger partial charge in [-0.15, -0.1) is 9.42 Å². The van der Waals surface area contributed by atoms with Gasteiger partial charge in [-0.05, 0) is 72.2 Å². The second-order valence-corrected chi connectivity index (χ2v) is 9.15. The number of hydrogen-bond donors (Lipinski definition) is 2. The van der Waals surface area contributed by atoms with E-state index >= 15 is 0 Å². The normalized spacial score (nSPS) is 11.7. The molecular weight excluding hydrogens is 462 g/mol. The number of rotatable bonds is 12. The van der Waals surface area contributed by atoms with Crippen molar-refractivity contribution in [3.63, 3.8) is 0 Å². The van der Waals surface area contributed by atoms with Crippen molar-refractivity contribution in [1.82, 2.24) is 10.3 Å². The molecule has 0 bridgehead atoms. The highest BCUT2D eigenvalue weighted by molar-refractivity contribution is 7.32. The molecule has 1 unspecified atom stereocenters. The lowest BCUT2D eigenvalue weighted by atomic mass is 9.95. The Morgan fingerprint density at radius 1 is 0.943 bits per heavy atom. The minimum atomic E-state index is -2.55. The maximum absolute atomic E-state index is 15.0. The van der Waals surface area contributed by atoms with Crippen LogP contribution in [0.4, 0.5) is 4.39 Å². The summed E-state index contributed by atoms with van der Waals surface area (Å²) < 4.78 is 30.2. The molecule has 0 aliphatic carbocycles. The standard InChI is InChI=1S/C28H28FN2O3P/c29-27-19-23(13-12-22(27)10-4-9-21-7-2-1-3-8-21)25-15-14-24(28-26(25)11-5-17-31-28)20-30-16-6-18-34-35(32)33/h1-3,5,7-8,11-15,17,19,30H,4,6,9-10,16,18,20H2/p+1. The van der Waals surface area contributed by atoms with E-state index in [2.05, 4.69) is 27.0 Å². The molecule has 1 aromatic heterocycles. The van der Waals surface area contributed by atoms with E-state index in [-0.39, 0.29) is 12.4 Å². The van der Waals surface area contributed by atoms with Crippen LogP contribution in [0.5, 0.6) is 0 Å². The highest BCUT2D eigenvalue weighted by Gasteiger charge is 2.12. The number of nitrogens with one attached hydrogen (secondary N) is 1. The third kappa shape index (κ3) is 7.00. The van der Waals surface area contributed by atoms with E-state index in [1.54, 1.807) is 12.3 Å². The summed E-state index contributed by atoms with van der Waals surface area (Å²) in [7, 11) is -2.55. The van der Waals surface area contributed by atoms with Gasteiger partial charge in [-0.25, -0.2) is 4.39 Å². The molecule has 5 nitrogen and oxygen atoms in total. The van der Waals surface area contributed by atoms with Crippen LogP contribution in [0, 0.1) is 5.82 Å². The molecule has 0 radical (unpaired) electrons. The van der Waals surface area contributed by atoms with Crippen molar-refractivity contribution in [2.24, 2.45) is 0 Å². The molecular formula is C28H29FN2O3P+. The first-order valence-corrected chi connectivity index (χ1v) is 12.9. The third-order valence-corrected chi connectivity index (χ3v) is 6.39. The molecule has 0 amide bonds. The maximum atomic E-state index is 15.0. The Morgan fingerprint density at radius 3 is 2.57 bits per heavy atom. The summed E-state index contributed by atoms with van der Waals surface area (Å²) >= 11 is 0. The van der Waals surface area contributed by atoms with Crippen molar-refractivity contribution in [2.75, 3.05) is 13.2 Å². The first kappa shape index (κ1) is 25.1. The Kier molecular flexibility index (Phi) is 9.04. The number of pyridine rings is 1. The first-order chi connectivity index (χ1) is 17.1. The summed E-state index contributed by atoms with van der Waals surface area (Å²) in [6, 6.07) is 23.7. The van der Waals surface area contributed by atoms with E-state index in [9.17, 15) is 8.96 Å². The molecule has 1 atom stereocenters. The number of hydrogen-bond acceptors (Lipinski definition) is 4. The minimum absolute atomic E-state index is 0.176. The lowest BCUT2D eigenvalue weighted by molar-refractivity contribution is 0.276. The Hall–Kier alpha value is -3.02. The van der Waals surface area contributed by atoms with Crippen molar-refractivity contribution in [1.29, 1.82) is 0 Å². The largest absolute Gasteiger partial charge is 0.694 e.